The van der Waals surface area contributed by atoms with Crippen LogP contribution in [-0.2, 0) is 0 Å². The van der Waals surface area contributed by atoms with Gasteiger partial charge in [-0.25, -0.2) is 0 Å². The van der Waals surface area contributed by atoms with Gasteiger partial charge in [0.15, 0.2) is 0 Å². The Kier molecular flexibility index (Phi) is 4.07. The first-order chi connectivity index (χ1) is 8.90. The average molecular weight is 595 g/mol. The van der Waals surface area contributed by atoms with E-state index >= 15 is 0 Å². The lowest BCUT2D eigenvalue weighted by atomic mass is 9.88. The van der Waals surface area contributed by atoms with Crippen LogP contribution in [0.4, 0.5) is 0 Å². The zero-order valence-electron chi connectivity index (χ0n) is 10.00. The van der Waals surface area contributed by atoms with Crippen LogP contribution in [0, 0.1) is 16.6 Å². The highest BCUT2D eigenvalue weighted by molar-refractivity contribution is 14.1. The van der Waals surface area contributed by atoms with Crippen molar-refractivity contribution < 1.29 is 9.90 Å². The summed E-state index contributed by atoms with van der Waals surface area (Å²) in [5.41, 5.74) is 0.158. The Morgan fingerprint density at radius 3 is 2.47 bits per heavy atom. The molecule has 1 aromatic rings. The molecule has 6 heteroatoms. The molecule has 0 unspecified atom stereocenters. The van der Waals surface area contributed by atoms with Crippen LogP contribution >= 0.6 is 67.8 Å². The molecule has 2 aliphatic rings. The molecule has 0 atom stereocenters. The molecule has 102 valence electrons. The highest BCUT2D eigenvalue weighted by Gasteiger charge is 2.53. The van der Waals surface area contributed by atoms with Crippen LogP contribution in [0.5, 0.6) is 0 Å². The maximum atomic E-state index is 12.5. The lowest BCUT2D eigenvalue weighted by Gasteiger charge is -2.47. The van der Waals surface area contributed by atoms with Gasteiger partial charge in [-0.3, -0.25) is 4.79 Å². The van der Waals surface area contributed by atoms with Gasteiger partial charge in [-0.1, -0.05) is 0 Å². The van der Waals surface area contributed by atoms with E-state index in [1.165, 1.54) is 0 Å². The van der Waals surface area contributed by atoms with Crippen LogP contribution in [0.2, 0.25) is 0 Å². The van der Waals surface area contributed by atoms with Gasteiger partial charge < -0.3 is 10.0 Å². The lowest BCUT2D eigenvalue weighted by Crippen LogP contribution is -2.64. The quantitative estimate of drug-likeness (QED) is 0.423. The Morgan fingerprint density at radius 2 is 1.89 bits per heavy atom. The maximum absolute atomic E-state index is 12.5. The molecule has 19 heavy (non-hydrogen) atoms. The number of halogens is 3. The van der Waals surface area contributed by atoms with Crippen molar-refractivity contribution in [1.82, 2.24) is 4.90 Å². The highest BCUT2D eigenvalue weighted by Crippen LogP contribution is 2.45. The first kappa shape index (κ1) is 14.8. The minimum absolute atomic E-state index is 0.0474. The zero-order chi connectivity index (χ0) is 13.8. The molecular formula is C13H12I3NO2. The summed E-state index contributed by atoms with van der Waals surface area (Å²) < 4.78 is 3.18. The van der Waals surface area contributed by atoms with Crippen LogP contribution in [-0.4, -0.2) is 34.6 Å². The van der Waals surface area contributed by atoms with E-state index in [-0.39, 0.29) is 5.91 Å². The predicted molar refractivity (Wildman–Crippen MR) is 98.2 cm³/mol. The van der Waals surface area contributed by atoms with Gasteiger partial charge >= 0.3 is 0 Å². The molecule has 1 amide bonds. The van der Waals surface area contributed by atoms with Gasteiger partial charge in [0.25, 0.3) is 5.91 Å². The molecule has 1 saturated carbocycles. The van der Waals surface area contributed by atoms with E-state index in [2.05, 4.69) is 73.8 Å². The van der Waals surface area contributed by atoms with Gasteiger partial charge in [-0.05, 0) is 98.7 Å². The SMILES string of the molecule is O=C(c1cc(I)cc(I)c1I)N1CC(O)(C2CC2)C1. The number of amides is 1. The van der Waals surface area contributed by atoms with Crippen LogP contribution < -0.4 is 0 Å². The summed E-state index contributed by atoms with van der Waals surface area (Å²) in [5, 5.41) is 10.3. The Balaban J connectivity index is 1.78. The molecule has 0 bridgehead atoms. The van der Waals surface area contributed by atoms with E-state index in [0.29, 0.717) is 19.0 Å². The van der Waals surface area contributed by atoms with Crippen molar-refractivity contribution in [3.8, 4) is 0 Å². The second-order valence-corrected chi connectivity index (χ2v) is 8.77. The Morgan fingerprint density at radius 1 is 1.26 bits per heavy atom. The Bertz CT molecular complexity index is 551. The van der Waals surface area contributed by atoms with Crippen molar-refractivity contribution in [3.63, 3.8) is 0 Å². The molecule has 3 nitrogen and oxygen atoms in total. The van der Waals surface area contributed by atoms with Gasteiger partial charge in [0.1, 0.15) is 5.60 Å². The molecule has 1 aliphatic heterocycles. The Labute approximate surface area is 152 Å². The topological polar surface area (TPSA) is 40.5 Å². The van der Waals surface area contributed by atoms with Crippen LogP contribution in [0.15, 0.2) is 12.1 Å². The summed E-state index contributed by atoms with van der Waals surface area (Å²) in [4.78, 5) is 14.3. The van der Waals surface area contributed by atoms with Crippen LogP contribution in [0.1, 0.15) is 23.2 Å². The van der Waals surface area contributed by atoms with Gasteiger partial charge in [0.2, 0.25) is 0 Å². The third-order valence-electron chi connectivity index (χ3n) is 3.78. The number of carbonyl (C=O) groups is 1. The predicted octanol–water partition coefficient (Wildman–Crippen LogP) is 3.10. The lowest BCUT2D eigenvalue weighted by molar-refractivity contribution is -0.0958. The average Bonchev–Trinajstić information content (AvgIpc) is 3.13. The number of hydrogen-bond acceptors (Lipinski definition) is 2. The number of carbonyl (C=O) groups excluding carboxylic acids is 1. The van der Waals surface area contributed by atoms with Gasteiger partial charge in [0, 0.05) is 10.7 Å². The summed E-state index contributed by atoms with van der Waals surface area (Å²) in [7, 11) is 0. The summed E-state index contributed by atoms with van der Waals surface area (Å²) in [5.74, 6) is 0.470. The number of hydrogen-bond donors (Lipinski definition) is 1. The van der Waals surface area contributed by atoms with E-state index in [1.807, 2.05) is 6.07 Å². The van der Waals surface area contributed by atoms with Crippen molar-refractivity contribution in [1.29, 1.82) is 0 Å². The third kappa shape index (κ3) is 2.78. The van der Waals surface area contributed by atoms with Gasteiger partial charge in [-0.2, -0.15) is 0 Å². The van der Waals surface area contributed by atoms with Crippen molar-refractivity contribution in [2.24, 2.45) is 5.92 Å². The fourth-order valence-electron chi connectivity index (χ4n) is 2.52. The second-order valence-electron chi connectivity index (χ2n) is 5.29. The molecule has 0 aromatic heterocycles. The van der Waals surface area contributed by atoms with E-state index in [1.54, 1.807) is 4.90 Å². The molecule has 1 aliphatic carbocycles. The molecule has 0 radical (unpaired) electrons. The monoisotopic (exact) mass is 595 g/mol. The zero-order valence-corrected chi connectivity index (χ0v) is 16.5. The van der Waals surface area contributed by atoms with Crippen LogP contribution in [0.3, 0.4) is 0 Å². The summed E-state index contributed by atoms with van der Waals surface area (Å²) in [6.07, 6.45) is 2.22. The molecule has 0 spiro atoms. The van der Waals surface area contributed by atoms with E-state index in [0.717, 1.165) is 29.1 Å². The van der Waals surface area contributed by atoms with Crippen molar-refractivity contribution in [3.05, 3.63) is 28.4 Å². The molecule has 3 rings (SSSR count). The first-order valence-electron chi connectivity index (χ1n) is 6.07. The largest absolute Gasteiger partial charge is 0.386 e. The molecule has 2 fully saturated rings. The Hall–Kier alpha value is 0.840. The molecule has 1 aromatic carbocycles. The molecule has 1 N–H and O–H groups in total. The summed E-state index contributed by atoms with van der Waals surface area (Å²) >= 11 is 6.72. The molecular weight excluding hydrogens is 583 g/mol. The number of rotatable bonds is 2. The fraction of sp³-hybridized carbons (Fsp3) is 0.462. The first-order valence-corrected chi connectivity index (χ1v) is 9.30. The van der Waals surface area contributed by atoms with Crippen LogP contribution in [0.25, 0.3) is 0 Å². The number of benzene rings is 1. The molecule has 1 heterocycles. The van der Waals surface area contributed by atoms with Crippen molar-refractivity contribution in [2.45, 2.75) is 18.4 Å². The number of β-amino-alcohol motifs (C(OH)–C–C–N with tert-alkyl or cyclic N) is 1. The summed E-state index contributed by atoms with van der Waals surface area (Å²) in [6.45, 7) is 0.989. The second kappa shape index (κ2) is 5.24. The normalized spacial score (nSPS) is 21.2. The number of aliphatic hydroxyl groups is 1. The fourth-order valence-corrected chi connectivity index (χ4v) is 4.91. The standard InChI is InChI=1S/C13H12I3NO2/c14-8-3-9(11(16)10(15)4-8)12(18)17-5-13(19,6-17)7-1-2-7/h3-4,7,19H,1-2,5-6H2. The summed E-state index contributed by atoms with van der Waals surface area (Å²) in [6, 6.07) is 4.00. The molecule has 1 saturated heterocycles. The number of likely N-dealkylation sites (tertiary alicyclic amines) is 1. The van der Waals surface area contributed by atoms with E-state index in [4.69, 9.17) is 0 Å². The number of nitrogens with zero attached hydrogens (tertiary/aromatic N) is 1. The van der Waals surface area contributed by atoms with Crippen molar-refractivity contribution >= 4 is 73.7 Å². The van der Waals surface area contributed by atoms with Gasteiger partial charge in [0.05, 0.1) is 18.7 Å². The highest BCUT2D eigenvalue weighted by atomic mass is 127. The van der Waals surface area contributed by atoms with Crippen molar-refractivity contribution in [2.75, 3.05) is 13.1 Å². The van der Waals surface area contributed by atoms with E-state index in [9.17, 15) is 9.90 Å². The smallest absolute Gasteiger partial charge is 0.255 e. The third-order valence-corrected chi connectivity index (χ3v) is 7.45. The van der Waals surface area contributed by atoms with Gasteiger partial charge in [-0.15, -0.1) is 0 Å². The van der Waals surface area contributed by atoms with E-state index < -0.39 is 5.60 Å². The minimum Gasteiger partial charge on any atom is -0.386 e. The minimum atomic E-state index is -0.601. The maximum Gasteiger partial charge on any atom is 0.255 e.